The number of rotatable bonds is 8. The van der Waals surface area contributed by atoms with Crippen molar-refractivity contribution in [2.45, 2.75) is 39.5 Å². The van der Waals surface area contributed by atoms with Crippen LogP contribution in [0.1, 0.15) is 39.5 Å². The number of ether oxygens (including phenoxy) is 1. The third-order valence-electron chi connectivity index (χ3n) is 4.77. The molecule has 0 heterocycles. The fraction of sp³-hybridized carbons (Fsp3) is 0.375. The molecule has 2 rings (SSSR count). The van der Waals surface area contributed by atoms with Crippen LogP contribution in [0.15, 0.2) is 12.2 Å². The number of aldehydes is 1. The smallest absolute Gasteiger partial charge is 0.466 e. The molecule has 2 aliphatic carbocycles. The molecule has 31 heavy (non-hydrogen) atoms. The molecule has 0 aromatic rings. The van der Waals surface area contributed by atoms with E-state index >= 15 is 0 Å². The summed E-state index contributed by atoms with van der Waals surface area (Å²) in [7, 11) is 0. The van der Waals surface area contributed by atoms with Crippen molar-refractivity contribution >= 4 is 18.0 Å². The number of hydrogen-bond donors (Lipinski definition) is 0. The molecular formula is C24H28O6W+2. The Labute approximate surface area is 201 Å². The molecule has 0 spiro atoms. The SMILES string of the molecule is [C-]#[O+].[C-]#[O+].[CH2][C]([CH]C[C@]1(C)C(=O)CC[C@H]1C(=C)CC=O)C(=O)OCC.[CH]1[CH][CH][CH][CH]1.[W+2]. The number of esters is 1. The zero-order chi connectivity index (χ0) is 23.6. The summed E-state index contributed by atoms with van der Waals surface area (Å²) in [5.74, 6) is -0.0822. The van der Waals surface area contributed by atoms with Gasteiger partial charge in [0.2, 0.25) is 0 Å². The van der Waals surface area contributed by atoms with E-state index in [1.807, 2.05) is 39.0 Å². The maximum absolute atomic E-state index is 12.2. The van der Waals surface area contributed by atoms with Gasteiger partial charge in [0.15, 0.2) is 0 Å². The molecule has 0 N–H and O–H groups in total. The van der Waals surface area contributed by atoms with Crippen LogP contribution < -0.4 is 0 Å². The molecule has 6 nitrogen and oxygen atoms in total. The average molecular weight is 596 g/mol. The summed E-state index contributed by atoms with van der Waals surface area (Å²) in [5, 5.41) is 0. The van der Waals surface area contributed by atoms with Gasteiger partial charge in [-0.1, -0.05) is 19.1 Å². The predicted octanol–water partition coefficient (Wildman–Crippen LogP) is 3.63. The Morgan fingerprint density at radius 1 is 1.23 bits per heavy atom. The summed E-state index contributed by atoms with van der Waals surface area (Å²) in [5.41, 5.74) is 0.170. The molecule has 8 radical (unpaired) electrons. The Morgan fingerprint density at radius 3 is 2.13 bits per heavy atom. The zero-order valence-electron chi connectivity index (χ0n) is 17.9. The van der Waals surface area contributed by atoms with Gasteiger partial charge in [-0.15, -0.1) is 0 Å². The number of carbonyl (C=O) groups is 3. The van der Waals surface area contributed by atoms with Gasteiger partial charge in [-0.25, -0.2) is 0 Å². The van der Waals surface area contributed by atoms with E-state index in [2.05, 4.69) is 26.8 Å². The van der Waals surface area contributed by atoms with E-state index in [1.54, 1.807) is 13.3 Å². The van der Waals surface area contributed by atoms with Crippen molar-refractivity contribution in [3.05, 3.63) is 76.8 Å². The molecule has 0 aromatic heterocycles. The van der Waals surface area contributed by atoms with Gasteiger partial charge in [-0.3, -0.25) is 9.59 Å². The maximum atomic E-state index is 12.2. The largest absolute Gasteiger partial charge is 2.00 e. The fourth-order valence-electron chi connectivity index (χ4n) is 3.20. The van der Waals surface area contributed by atoms with E-state index in [1.165, 1.54) is 0 Å². The molecule has 2 atom stereocenters. The van der Waals surface area contributed by atoms with Crippen LogP contribution in [0.2, 0.25) is 0 Å². The van der Waals surface area contributed by atoms with E-state index < -0.39 is 11.4 Å². The minimum absolute atomic E-state index is 0. The molecule has 0 bridgehead atoms. The van der Waals surface area contributed by atoms with Crippen molar-refractivity contribution in [3.8, 4) is 0 Å². The summed E-state index contributed by atoms with van der Waals surface area (Å²) < 4.78 is 19.9. The second kappa shape index (κ2) is 20.6. The van der Waals surface area contributed by atoms with E-state index in [4.69, 9.17) is 14.0 Å². The quantitative estimate of drug-likeness (QED) is 0.141. The van der Waals surface area contributed by atoms with Crippen LogP contribution in [0.4, 0.5) is 0 Å². The van der Waals surface area contributed by atoms with Gasteiger partial charge in [-0.05, 0) is 71.1 Å². The Balaban J connectivity index is -0.000000661. The van der Waals surface area contributed by atoms with E-state index in [0.29, 0.717) is 25.9 Å². The summed E-state index contributed by atoms with van der Waals surface area (Å²) >= 11 is 0. The molecule has 0 unspecified atom stereocenters. The third-order valence-corrected chi connectivity index (χ3v) is 4.77. The molecule has 2 fully saturated rings. The van der Waals surface area contributed by atoms with Crippen molar-refractivity contribution in [2.75, 3.05) is 6.61 Å². The monoisotopic (exact) mass is 596 g/mol. The molecule has 0 amide bonds. The molecule has 2 aliphatic rings. The van der Waals surface area contributed by atoms with Crippen LogP contribution in [0.25, 0.3) is 0 Å². The summed E-state index contributed by atoms with van der Waals surface area (Å²) in [6.45, 7) is 20.5. The summed E-state index contributed by atoms with van der Waals surface area (Å²) in [6.07, 6.45) is 14.3. The first-order valence-corrected chi connectivity index (χ1v) is 9.28. The maximum Gasteiger partial charge on any atom is 2.00 e. The predicted molar refractivity (Wildman–Crippen MR) is 109 cm³/mol. The second-order valence-electron chi connectivity index (χ2n) is 6.58. The van der Waals surface area contributed by atoms with Crippen molar-refractivity contribution in [1.29, 1.82) is 0 Å². The minimum Gasteiger partial charge on any atom is -0.466 e. The molecule has 2 saturated carbocycles. The Kier molecular flexibility index (Phi) is 22.8. The molecule has 164 valence electrons. The first kappa shape index (κ1) is 34.3. The van der Waals surface area contributed by atoms with Crippen molar-refractivity contribution in [3.63, 3.8) is 0 Å². The van der Waals surface area contributed by atoms with Crippen molar-refractivity contribution < 1.29 is 49.5 Å². The van der Waals surface area contributed by atoms with Gasteiger partial charge < -0.3 is 9.53 Å². The number of allylic oxidation sites excluding steroid dienone is 1. The Morgan fingerprint density at radius 2 is 1.71 bits per heavy atom. The Hall–Kier alpha value is -1.28. The molecule has 0 aliphatic heterocycles. The number of carbonyl (C=O) groups excluding carboxylic acids is 3. The number of hydrogen-bond acceptors (Lipinski definition) is 4. The van der Waals surface area contributed by atoms with Gasteiger partial charge in [0.25, 0.3) is 0 Å². The zero-order valence-corrected chi connectivity index (χ0v) is 20.9. The third kappa shape index (κ3) is 12.4. The normalized spacial score (nSPS) is 21.0. The molecule has 7 heteroatoms. The van der Waals surface area contributed by atoms with Gasteiger partial charge in [0.1, 0.15) is 12.1 Å². The molecule has 0 aromatic carbocycles. The Bertz CT molecular complexity index is 565. The van der Waals surface area contributed by atoms with E-state index in [9.17, 15) is 14.4 Å². The molecule has 0 saturated heterocycles. The standard InChI is InChI=1S/C17H23O4.C5H5.2CO.W/c1-5-21-16(20)13(3)8-10-17(4)14(6-7-15(17)19)12(2)9-11-18;1-2-4-5-3-1;2*1-2;/h8,11,14H,2-3,5-7,9-10H2,1,4H3;1-5H;;;/q;;;;+2/t14-,17-;;;;/m0..../s1. The summed E-state index contributed by atoms with van der Waals surface area (Å²) in [4.78, 5) is 34.4. The van der Waals surface area contributed by atoms with Gasteiger partial charge in [0.05, 0.1) is 12.5 Å². The van der Waals surface area contributed by atoms with Crippen molar-refractivity contribution in [2.24, 2.45) is 11.3 Å². The summed E-state index contributed by atoms with van der Waals surface area (Å²) in [6, 6.07) is 0. The fourth-order valence-corrected chi connectivity index (χ4v) is 3.20. The van der Waals surface area contributed by atoms with Crippen LogP contribution in [-0.2, 0) is 49.5 Å². The number of Topliss-reactive ketones (excluding diaryl/α,β-unsaturated/α-hetero) is 1. The topological polar surface area (TPSA) is 100 Å². The first-order chi connectivity index (χ1) is 14.4. The number of ketones is 1. The van der Waals surface area contributed by atoms with Crippen LogP contribution >= 0.6 is 0 Å². The van der Waals surface area contributed by atoms with Crippen LogP contribution in [0.3, 0.4) is 0 Å². The first-order valence-electron chi connectivity index (χ1n) is 9.28. The van der Waals surface area contributed by atoms with Gasteiger partial charge in [-0.2, -0.15) is 0 Å². The minimum atomic E-state index is -0.616. The van der Waals surface area contributed by atoms with Gasteiger partial charge >= 0.3 is 49.6 Å². The molecular weight excluding hydrogens is 568 g/mol. The van der Waals surface area contributed by atoms with Crippen LogP contribution in [-0.4, -0.2) is 24.6 Å². The second-order valence-corrected chi connectivity index (χ2v) is 6.58. The van der Waals surface area contributed by atoms with Crippen molar-refractivity contribution in [1.82, 2.24) is 0 Å². The van der Waals surface area contributed by atoms with Crippen LogP contribution in [0.5, 0.6) is 0 Å². The average Bonchev–Trinajstić information content (AvgIpc) is 3.43. The van der Waals surface area contributed by atoms with E-state index in [0.717, 1.165) is 11.9 Å². The van der Waals surface area contributed by atoms with Gasteiger partial charge in [0, 0.05) is 18.3 Å². The van der Waals surface area contributed by atoms with E-state index in [-0.39, 0.29) is 45.1 Å². The van der Waals surface area contributed by atoms with Crippen LogP contribution in [0, 0.1) is 76.0 Å².